The molecule has 6 heteroatoms. The molecule has 0 aliphatic heterocycles. The van der Waals surface area contributed by atoms with Gasteiger partial charge in [0.1, 0.15) is 5.02 Å². The number of nitrogens with zero attached hydrogens (tertiary/aromatic N) is 2. The molecule has 0 aliphatic carbocycles. The van der Waals surface area contributed by atoms with E-state index >= 15 is 0 Å². The summed E-state index contributed by atoms with van der Waals surface area (Å²) in [6, 6.07) is 0.280. The van der Waals surface area contributed by atoms with Crippen LogP contribution < -0.4 is 15.8 Å². The van der Waals surface area contributed by atoms with Gasteiger partial charge in [-0.1, -0.05) is 18.5 Å². The molecule has 5 nitrogen and oxygen atoms in total. The maximum Gasteiger partial charge on any atom is 0.318 e. The normalized spacial score (nSPS) is 14.3. The zero-order chi connectivity index (χ0) is 12.2. The second-order valence-electron chi connectivity index (χ2n) is 3.80. The summed E-state index contributed by atoms with van der Waals surface area (Å²) in [6.07, 6.45) is 2.37. The third-order valence-electron chi connectivity index (χ3n) is 2.56. The van der Waals surface area contributed by atoms with Gasteiger partial charge in [-0.2, -0.15) is 4.98 Å². The van der Waals surface area contributed by atoms with Crippen molar-refractivity contribution in [2.75, 3.05) is 19.0 Å². The maximum atomic E-state index is 5.99. The molecule has 0 aromatic carbocycles. The predicted molar refractivity (Wildman–Crippen MR) is 65.0 cm³/mol. The minimum atomic E-state index is -0.233. The van der Waals surface area contributed by atoms with E-state index < -0.39 is 0 Å². The molecule has 1 aromatic heterocycles. The average molecular weight is 245 g/mol. The SMILES string of the molecule is CCC(C)(CN)Nc1nc(OC)ncc1Cl. The summed E-state index contributed by atoms with van der Waals surface area (Å²) in [6.45, 7) is 4.55. The van der Waals surface area contributed by atoms with Gasteiger partial charge in [-0.25, -0.2) is 4.98 Å². The van der Waals surface area contributed by atoms with Gasteiger partial charge < -0.3 is 15.8 Å². The molecule has 16 heavy (non-hydrogen) atoms. The highest BCUT2D eigenvalue weighted by Crippen LogP contribution is 2.24. The third kappa shape index (κ3) is 2.96. The van der Waals surface area contributed by atoms with Crippen molar-refractivity contribution < 1.29 is 4.74 Å². The Labute approximate surface area is 100 Å². The number of hydrogen-bond donors (Lipinski definition) is 2. The molecule has 1 aromatic rings. The summed E-state index contributed by atoms with van der Waals surface area (Å²) >= 11 is 5.99. The van der Waals surface area contributed by atoms with Crippen LogP contribution in [0.3, 0.4) is 0 Å². The largest absolute Gasteiger partial charge is 0.467 e. The van der Waals surface area contributed by atoms with Crippen molar-refractivity contribution in [2.45, 2.75) is 25.8 Å². The number of nitrogens with one attached hydrogen (secondary N) is 1. The predicted octanol–water partition coefficient (Wildman–Crippen LogP) is 1.68. The van der Waals surface area contributed by atoms with Gasteiger partial charge in [0, 0.05) is 12.1 Å². The monoisotopic (exact) mass is 244 g/mol. The first kappa shape index (κ1) is 13.0. The van der Waals surface area contributed by atoms with Crippen molar-refractivity contribution in [2.24, 2.45) is 5.73 Å². The van der Waals surface area contributed by atoms with Crippen LogP contribution in [0.25, 0.3) is 0 Å². The zero-order valence-electron chi connectivity index (χ0n) is 9.75. The van der Waals surface area contributed by atoms with Crippen LogP contribution in [0.1, 0.15) is 20.3 Å². The molecule has 90 valence electrons. The maximum absolute atomic E-state index is 5.99. The molecular weight excluding hydrogens is 228 g/mol. The summed E-state index contributed by atoms with van der Waals surface area (Å²) in [5.41, 5.74) is 5.47. The quantitative estimate of drug-likeness (QED) is 0.825. The lowest BCUT2D eigenvalue weighted by molar-refractivity contribution is 0.379. The van der Waals surface area contributed by atoms with Crippen LogP contribution in [0.15, 0.2) is 6.20 Å². The first-order valence-electron chi connectivity index (χ1n) is 5.09. The first-order valence-corrected chi connectivity index (χ1v) is 5.47. The van der Waals surface area contributed by atoms with Crippen LogP contribution in [0.2, 0.25) is 5.02 Å². The lowest BCUT2D eigenvalue weighted by Crippen LogP contribution is -2.42. The second-order valence-corrected chi connectivity index (χ2v) is 4.20. The zero-order valence-corrected chi connectivity index (χ0v) is 10.5. The fourth-order valence-corrected chi connectivity index (χ4v) is 1.24. The van der Waals surface area contributed by atoms with Crippen molar-refractivity contribution in [3.63, 3.8) is 0 Å². The Morgan fingerprint density at radius 3 is 2.81 bits per heavy atom. The van der Waals surface area contributed by atoms with Gasteiger partial charge in [0.2, 0.25) is 0 Å². The number of halogens is 1. The molecule has 1 heterocycles. The average Bonchev–Trinajstić information content (AvgIpc) is 2.32. The Hall–Kier alpha value is -1.07. The second kappa shape index (κ2) is 5.32. The van der Waals surface area contributed by atoms with Crippen molar-refractivity contribution in [1.82, 2.24) is 9.97 Å². The fourth-order valence-electron chi connectivity index (χ4n) is 1.11. The Balaban J connectivity index is 2.95. The van der Waals surface area contributed by atoms with Crippen LogP contribution in [-0.2, 0) is 0 Å². The number of hydrogen-bond acceptors (Lipinski definition) is 5. The van der Waals surface area contributed by atoms with E-state index in [9.17, 15) is 0 Å². The molecule has 0 saturated carbocycles. The van der Waals surface area contributed by atoms with E-state index in [0.717, 1.165) is 6.42 Å². The molecule has 0 aliphatic rings. The first-order chi connectivity index (χ1) is 7.54. The van der Waals surface area contributed by atoms with Crippen LogP contribution >= 0.6 is 11.6 Å². The number of nitrogens with two attached hydrogens (primary N) is 1. The smallest absolute Gasteiger partial charge is 0.318 e. The van der Waals surface area contributed by atoms with Gasteiger partial charge in [-0.15, -0.1) is 0 Å². The topological polar surface area (TPSA) is 73.1 Å². The molecule has 1 unspecified atom stereocenters. The molecule has 0 spiro atoms. The van der Waals surface area contributed by atoms with E-state index in [2.05, 4.69) is 15.3 Å². The number of ether oxygens (including phenoxy) is 1. The van der Waals surface area contributed by atoms with E-state index in [1.165, 1.54) is 13.3 Å². The van der Waals surface area contributed by atoms with E-state index in [4.69, 9.17) is 22.1 Å². The summed E-state index contributed by atoms with van der Waals surface area (Å²) in [4.78, 5) is 8.04. The van der Waals surface area contributed by atoms with Gasteiger partial charge in [-0.3, -0.25) is 0 Å². The standard InChI is InChI=1S/C10H17ClN4O/c1-4-10(2,6-12)15-8-7(11)5-13-9(14-8)16-3/h5H,4,6,12H2,1-3H3,(H,13,14,15). The number of anilines is 1. The van der Waals surface area contributed by atoms with Gasteiger partial charge in [-0.05, 0) is 13.3 Å². The number of methoxy groups -OCH3 is 1. The Morgan fingerprint density at radius 2 is 2.31 bits per heavy atom. The molecule has 0 bridgehead atoms. The minimum Gasteiger partial charge on any atom is -0.467 e. The van der Waals surface area contributed by atoms with Crippen molar-refractivity contribution in [3.8, 4) is 6.01 Å². The molecule has 0 radical (unpaired) electrons. The van der Waals surface area contributed by atoms with E-state index in [1.807, 2.05) is 13.8 Å². The van der Waals surface area contributed by atoms with Crippen LogP contribution in [0, 0.1) is 0 Å². The number of rotatable bonds is 5. The van der Waals surface area contributed by atoms with E-state index in [0.29, 0.717) is 17.4 Å². The highest BCUT2D eigenvalue weighted by molar-refractivity contribution is 6.32. The van der Waals surface area contributed by atoms with Gasteiger partial charge in [0.05, 0.1) is 13.3 Å². The van der Waals surface area contributed by atoms with Gasteiger partial charge >= 0.3 is 6.01 Å². The lowest BCUT2D eigenvalue weighted by atomic mass is 9.99. The fraction of sp³-hybridized carbons (Fsp3) is 0.600. The molecule has 0 saturated heterocycles. The number of aromatic nitrogens is 2. The Bertz CT molecular complexity index is 355. The lowest BCUT2D eigenvalue weighted by Gasteiger charge is -2.28. The molecule has 1 atom stereocenters. The summed E-state index contributed by atoms with van der Waals surface area (Å²) < 4.78 is 4.94. The molecule has 1 rings (SSSR count). The van der Waals surface area contributed by atoms with E-state index in [-0.39, 0.29) is 11.5 Å². The van der Waals surface area contributed by atoms with Crippen molar-refractivity contribution in [1.29, 1.82) is 0 Å². The molecule has 0 fully saturated rings. The van der Waals surface area contributed by atoms with Crippen molar-refractivity contribution >= 4 is 17.4 Å². The van der Waals surface area contributed by atoms with Gasteiger partial charge in [0.15, 0.2) is 5.82 Å². The molecule has 3 N–H and O–H groups in total. The molecule has 0 amide bonds. The Kier molecular flexibility index (Phi) is 4.32. The summed E-state index contributed by atoms with van der Waals surface area (Å²) in [5.74, 6) is 0.545. The van der Waals surface area contributed by atoms with Crippen LogP contribution in [-0.4, -0.2) is 29.2 Å². The van der Waals surface area contributed by atoms with Crippen LogP contribution in [0.4, 0.5) is 5.82 Å². The molecular formula is C10H17ClN4O. The van der Waals surface area contributed by atoms with Crippen molar-refractivity contribution in [3.05, 3.63) is 11.2 Å². The van der Waals surface area contributed by atoms with Gasteiger partial charge in [0.25, 0.3) is 0 Å². The van der Waals surface area contributed by atoms with Crippen LogP contribution in [0.5, 0.6) is 6.01 Å². The third-order valence-corrected chi connectivity index (χ3v) is 2.83. The van der Waals surface area contributed by atoms with E-state index in [1.54, 1.807) is 0 Å². The Morgan fingerprint density at radius 1 is 1.62 bits per heavy atom. The summed E-state index contributed by atoms with van der Waals surface area (Å²) in [5, 5.41) is 3.66. The highest BCUT2D eigenvalue weighted by atomic mass is 35.5. The highest BCUT2D eigenvalue weighted by Gasteiger charge is 2.21. The summed E-state index contributed by atoms with van der Waals surface area (Å²) in [7, 11) is 1.51. The minimum absolute atomic E-state index is 0.233.